The van der Waals surface area contributed by atoms with Crippen LogP contribution in [0.4, 0.5) is 5.69 Å². The van der Waals surface area contributed by atoms with E-state index in [1.54, 1.807) is 10.9 Å². The molecule has 32 heavy (non-hydrogen) atoms. The molecule has 0 saturated carbocycles. The molecule has 3 aromatic rings. The summed E-state index contributed by atoms with van der Waals surface area (Å²) in [6.45, 7) is 5.24. The van der Waals surface area contributed by atoms with Crippen LogP contribution in [0.3, 0.4) is 0 Å². The lowest BCUT2D eigenvalue weighted by molar-refractivity contribution is -0.134. The Kier molecular flexibility index (Phi) is 6.39. The number of benzene rings is 1. The van der Waals surface area contributed by atoms with Crippen LogP contribution >= 0.6 is 0 Å². The molecule has 0 unspecified atom stereocenters. The Morgan fingerprint density at radius 1 is 1.12 bits per heavy atom. The maximum absolute atomic E-state index is 12.7. The van der Waals surface area contributed by atoms with Crippen molar-refractivity contribution in [1.82, 2.24) is 24.5 Å². The lowest BCUT2D eigenvalue weighted by Crippen LogP contribution is -2.41. The van der Waals surface area contributed by atoms with E-state index >= 15 is 0 Å². The molecule has 1 aromatic carbocycles. The van der Waals surface area contributed by atoms with Crippen LogP contribution in [0, 0.1) is 19.8 Å². The average Bonchev–Trinajstić information content (AvgIpc) is 3.36. The van der Waals surface area contributed by atoms with E-state index in [4.69, 9.17) is 0 Å². The summed E-state index contributed by atoms with van der Waals surface area (Å²) in [5.74, 6) is 0.0897. The number of rotatable bonds is 6. The van der Waals surface area contributed by atoms with Crippen molar-refractivity contribution < 1.29 is 9.59 Å². The number of aromatic nitrogens is 4. The third-order valence-corrected chi connectivity index (χ3v) is 5.99. The number of hydrogen-bond acceptors (Lipinski definition) is 4. The molecule has 8 heteroatoms. The van der Waals surface area contributed by atoms with Crippen LogP contribution in [0.1, 0.15) is 36.2 Å². The highest BCUT2D eigenvalue weighted by Gasteiger charge is 2.27. The molecule has 168 valence electrons. The van der Waals surface area contributed by atoms with Gasteiger partial charge in [0.2, 0.25) is 11.8 Å². The van der Waals surface area contributed by atoms with Gasteiger partial charge in [0.25, 0.3) is 0 Å². The summed E-state index contributed by atoms with van der Waals surface area (Å²) in [5, 5.41) is 11.7. The molecular weight excluding hydrogens is 404 g/mol. The molecular formula is C24H30N6O2. The van der Waals surface area contributed by atoms with E-state index in [1.165, 1.54) is 0 Å². The van der Waals surface area contributed by atoms with Crippen LogP contribution in [0.2, 0.25) is 0 Å². The highest BCUT2D eigenvalue weighted by molar-refractivity contribution is 5.92. The lowest BCUT2D eigenvalue weighted by atomic mass is 9.95. The number of likely N-dealkylation sites (tertiary alicyclic amines) is 1. The Hall–Kier alpha value is -3.42. The van der Waals surface area contributed by atoms with Crippen molar-refractivity contribution in [3.05, 3.63) is 59.7 Å². The van der Waals surface area contributed by atoms with E-state index in [1.807, 2.05) is 67.0 Å². The van der Waals surface area contributed by atoms with Crippen molar-refractivity contribution in [1.29, 1.82) is 0 Å². The molecule has 0 bridgehead atoms. The smallest absolute Gasteiger partial charge is 0.227 e. The molecule has 0 radical (unpaired) electrons. The van der Waals surface area contributed by atoms with E-state index in [2.05, 4.69) is 15.5 Å². The molecule has 4 rings (SSSR count). The molecule has 0 spiro atoms. The fraction of sp³-hybridized carbons (Fsp3) is 0.417. The van der Waals surface area contributed by atoms with Gasteiger partial charge in [-0.3, -0.25) is 14.3 Å². The van der Waals surface area contributed by atoms with Crippen molar-refractivity contribution in [2.24, 2.45) is 13.0 Å². The van der Waals surface area contributed by atoms with Crippen LogP contribution in [-0.4, -0.2) is 49.4 Å². The molecule has 1 N–H and O–H groups in total. The molecule has 2 amide bonds. The molecule has 1 fully saturated rings. The normalized spacial score (nSPS) is 14.5. The van der Waals surface area contributed by atoms with Crippen molar-refractivity contribution >= 4 is 17.5 Å². The second-order valence-corrected chi connectivity index (χ2v) is 8.55. The maximum Gasteiger partial charge on any atom is 0.227 e. The van der Waals surface area contributed by atoms with Crippen LogP contribution in [0.15, 0.2) is 42.7 Å². The Balaban J connectivity index is 1.25. The number of hydrogen-bond donors (Lipinski definition) is 1. The van der Waals surface area contributed by atoms with Gasteiger partial charge in [0.1, 0.15) is 0 Å². The molecule has 1 aliphatic rings. The van der Waals surface area contributed by atoms with Gasteiger partial charge in [0.15, 0.2) is 0 Å². The first kappa shape index (κ1) is 21.8. The van der Waals surface area contributed by atoms with Crippen LogP contribution < -0.4 is 5.32 Å². The average molecular weight is 435 g/mol. The van der Waals surface area contributed by atoms with Crippen molar-refractivity contribution in [3.63, 3.8) is 0 Å². The summed E-state index contributed by atoms with van der Waals surface area (Å²) in [6.07, 6.45) is 6.29. The third-order valence-electron chi connectivity index (χ3n) is 5.99. The Morgan fingerprint density at radius 3 is 2.44 bits per heavy atom. The third kappa shape index (κ3) is 5.07. The minimum atomic E-state index is -0.0759. The summed E-state index contributed by atoms with van der Waals surface area (Å²) in [7, 11) is 1.87. The predicted molar refractivity (Wildman–Crippen MR) is 123 cm³/mol. The minimum absolute atomic E-state index is 0.0197. The summed E-state index contributed by atoms with van der Waals surface area (Å²) < 4.78 is 3.64. The van der Waals surface area contributed by atoms with Crippen molar-refractivity contribution in [3.8, 4) is 5.69 Å². The number of anilines is 1. The van der Waals surface area contributed by atoms with Gasteiger partial charge in [-0.1, -0.05) is 0 Å². The standard InChI is InChI=1S/C24H30N6O2/c1-17-14-18(2)30(27-17)22-7-5-21(6-8-22)26-24(32)20-10-12-29(13-11-20)23(31)9-4-19-15-25-28(3)16-19/h5-8,14-16,20H,4,9-13H2,1-3H3,(H,26,32). The summed E-state index contributed by atoms with van der Waals surface area (Å²) in [4.78, 5) is 27.1. The van der Waals surface area contributed by atoms with E-state index in [0.29, 0.717) is 38.8 Å². The van der Waals surface area contributed by atoms with Gasteiger partial charge in [-0.25, -0.2) is 4.68 Å². The second-order valence-electron chi connectivity index (χ2n) is 8.55. The molecule has 0 atom stereocenters. The molecule has 1 aliphatic heterocycles. The van der Waals surface area contributed by atoms with Crippen molar-refractivity contribution in [2.45, 2.75) is 39.5 Å². The summed E-state index contributed by atoms with van der Waals surface area (Å²) in [6, 6.07) is 9.75. The minimum Gasteiger partial charge on any atom is -0.343 e. The topological polar surface area (TPSA) is 85.0 Å². The van der Waals surface area contributed by atoms with Crippen molar-refractivity contribution in [2.75, 3.05) is 18.4 Å². The Bertz CT molecular complexity index is 1090. The Morgan fingerprint density at radius 2 is 1.84 bits per heavy atom. The number of nitrogens with one attached hydrogen (secondary N) is 1. The predicted octanol–water partition coefficient (Wildman–Crippen LogP) is 3.03. The number of piperidine rings is 1. The van der Waals surface area contributed by atoms with Gasteiger partial charge in [-0.15, -0.1) is 0 Å². The Labute approximate surface area is 188 Å². The van der Waals surface area contributed by atoms with Crippen LogP contribution in [0.25, 0.3) is 5.69 Å². The zero-order valence-electron chi connectivity index (χ0n) is 18.9. The zero-order chi connectivity index (χ0) is 22.7. The number of nitrogens with zero attached hydrogens (tertiary/aromatic N) is 5. The quantitative estimate of drug-likeness (QED) is 0.646. The van der Waals surface area contributed by atoms with E-state index < -0.39 is 0 Å². The first-order chi connectivity index (χ1) is 15.4. The summed E-state index contributed by atoms with van der Waals surface area (Å²) >= 11 is 0. The fourth-order valence-corrected chi connectivity index (χ4v) is 4.22. The van der Waals surface area contributed by atoms with Crippen LogP contribution in [-0.2, 0) is 23.1 Å². The van der Waals surface area contributed by atoms with E-state index in [0.717, 1.165) is 28.3 Å². The van der Waals surface area contributed by atoms with Gasteiger partial charge in [-0.05, 0) is 69.0 Å². The fourth-order valence-electron chi connectivity index (χ4n) is 4.22. The monoisotopic (exact) mass is 434 g/mol. The maximum atomic E-state index is 12.7. The largest absolute Gasteiger partial charge is 0.343 e. The molecule has 3 heterocycles. The first-order valence-corrected chi connectivity index (χ1v) is 11.1. The summed E-state index contributed by atoms with van der Waals surface area (Å²) in [5.41, 5.74) is 4.85. The molecule has 0 aliphatic carbocycles. The number of carbonyl (C=O) groups excluding carboxylic acids is 2. The van der Waals surface area contributed by atoms with Gasteiger partial charge in [-0.2, -0.15) is 10.2 Å². The SMILES string of the molecule is Cc1cc(C)n(-c2ccc(NC(=O)C3CCN(C(=O)CCc4cnn(C)c4)CC3)cc2)n1. The van der Waals surface area contributed by atoms with E-state index in [9.17, 15) is 9.59 Å². The highest BCUT2D eigenvalue weighted by atomic mass is 16.2. The number of aryl methyl sites for hydroxylation is 4. The number of amides is 2. The van der Waals surface area contributed by atoms with Gasteiger partial charge in [0, 0.05) is 50.1 Å². The molecule has 1 saturated heterocycles. The van der Waals surface area contributed by atoms with Gasteiger partial charge in [0.05, 0.1) is 17.6 Å². The second kappa shape index (κ2) is 9.38. The first-order valence-electron chi connectivity index (χ1n) is 11.1. The zero-order valence-corrected chi connectivity index (χ0v) is 18.9. The van der Waals surface area contributed by atoms with Gasteiger partial charge >= 0.3 is 0 Å². The van der Waals surface area contributed by atoms with Crippen LogP contribution in [0.5, 0.6) is 0 Å². The van der Waals surface area contributed by atoms with Gasteiger partial charge < -0.3 is 10.2 Å². The van der Waals surface area contributed by atoms with E-state index in [-0.39, 0.29) is 17.7 Å². The lowest BCUT2D eigenvalue weighted by Gasteiger charge is -2.31. The highest BCUT2D eigenvalue weighted by Crippen LogP contribution is 2.21. The molecule has 8 nitrogen and oxygen atoms in total. The number of carbonyl (C=O) groups is 2. The molecule has 2 aromatic heterocycles.